The first-order valence-electron chi connectivity index (χ1n) is 11.1. The molecule has 0 atom stereocenters. The summed E-state index contributed by atoms with van der Waals surface area (Å²) in [7, 11) is 0. The van der Waals surface area contributed by atoms with Gasteiger partial charge in [-0.05, 0) is 42.5 Å². The zero-order valence-corrected chi connectivity index (χ0v) is 20.0. The van der Waals surface area contributed by atoms with E-state index in [0.717, 1.165) is 24.3 Å². The maximum atomic E-state index is 14.1. The first kappa shape index (κ1) is 24.8. The van der Waals surface area contributed by atoms with Gasteiger partial charge in [-0.15, -0.1) is 0 Å². The van der Waals surface area contributed by atoms with Crippen molar-refractivity contribution in [2.45, 2.75) is 6.54 Å². The standard InChI is InChI=1S/C27H16ClF2N3O5/c28-15-5-7-24-21(9-15)27(35)20-3-1-2-4-23(20)32(24)14-26(34)31-17-11-18(33(36)37)13-19(12-17)38-25-8-6-16(29)10-22(25)30/h1-13H,14H2,(H,31,34). The third kappa shape index (κ3) is 4.89. The third-order valence-electron chi connectivity index (χ3n) is 5.74. The number of hydrogen-bond donors (Lipinski definition) is 1. The van der Waals surface area contributed by atoms with Crippen LogP contribution in [-0.4, -0.2) is 15.4 Å². The molecule has 8 nitrogen and oxygen atoms in total. The van der Waals surface area contributed by atoms with Crippen LogP contribution in [0.3, 0.4) is 0 Å². The molecule has 0 aliphatic heterocycles. The van der Waals surface area contributed by atoms with Crippen LogP contribution in [0.15, 0.2) is 83.7 Å². The van der Waals surface area contributed by atoms with Gasteiger partial charge in [-0.3, -0.25) is 19.7 Å². The molecule has 0 fully saturated rings. The molecule has 5 aromatic rings. The third-order valence-corrected chi connectivity index (χ3v) is 5.98. The number of hydrogen-bond acceptors (Lipinski definition) is 5. The van der Waals surface area contributed by atoms with E-state index in [1.54, 1.807) is 41.0 Å². The van der Waals surface area contributed by atoms with Gasteiger partial charge in [0.25, 0.3) is 5.69 Å². The highest BCUT2D eigenvalue weighted by atomic mass is 35.5. The van der Waals surface area contributed by atoms with Crippen LogP contribution in [0.4, 0.5) is 20.2 Å². The maximum absolute atomic E-state index is 14.1. The summed E-state index contributed by atoms with van der Waals surface area (Å²) < 4.78 is 34.3. The molecule has 5 rings (SSSR count). The van der Waals surface area contributed by atoms with Crippen molar-refractivity contribution in [2.75, 3.05) is 5.32 Å². The zero-order chi connectivity index (χ0) is 27.0. The van der Waals surface area contributed by atoms with Crippen LogP contribution in [0.25, 0.3) is 21.8 Å². The van der Waals surface area contributed by atoms with Crippen molar-refractivity contribution in [2.24, 2.45) is 0 Å². The minimum atomic E-state index is -1.00. The Labute approximate surface area is 217 Å². The van der Waals surface area contributed by atoms with E-state index in [2.05, 4.69) is 5.32 Å². The van der Waals surface area contributed by atoms with Gasteiger partial charge >= 0.3 is 0 Å². The molecule has 0 bridgehead atoms. The Morgan fingerprint density at radius 3 is 2.50 bits per heavy atom. The number of para-hydroxylation sites is 1. The van der Waals surface area contributed by atoms with Crippen LogP contribution in [0.1, 0.15) is 0 Å². The lowest BCUT2D eigenvalue weighted by atomic mass is 10.1. The van der Waals surface area contributed by atoms with Crippen LogP contribution in [-0.2, 0) is 11.3 Å². The van der Waals surface area contributed by atoms with E-state index in [9.17, 15) is 28.5 Å². The number of rotatable bonds is 6. The predicted octanol–water partition coefficient (Wildman–Crippen LogP) is 6.43. The molecular formula is C27H16ClF2N3O5. The highest BCUT2D eigenvalue weighted by Crippen LogP contribution is 2.31. The molecule has 0 saturated carbocycles. The summed E-state index contributed by atoms with van der Waals surface area (Å²) in [6.45, 7) is -0.246. The molecule has 1 amide bonds. The number of halogens is 3. The number of anilines is 1. The van der Waals surface area contributed by atoms with Gasteiger partial charge in [0.2, 0.25) is 5.91 Å². The van der Waals surface area contributed by atoms with Gasteiger partial charge in [-0.25, -0.2) is 8.78 Å². The molecule has 4 aromatic carbocycles. The number of nitrogens with zero attached hydrogens (tertiary/aromatic N) is 2. The van der Waals surface area contributed by atoms with Crippen molar-refractivity contribution < 1.29 is 23.2 Å². The van der Waals surface area contributed by atoms with Gasteiger partial charge < -0.3 is 14.6 Å². The molecule has 0 spiro atoms. The highest BCUT2D eigenvalue weighted by molar-refractivity contribution is 6.31. The molecule has 1 aromatic heterocycles. The Kier molecular flexibility index (Phi) is 6.48. The van der Waals surface area contributed by atoms with Crippen LogP contribution in [0.2, 0.25) is 5.02 Å². The average Bonchev–Trinajstić information content (AvgIpc) is 2.88. The molecule has 0 radical (unpaired) electrons. The number of pyridine rings is 1. The normalized spacial score (nSPS) is 11.0. The number of ether oxygens (including phenoxy) is 1. The molecular weight excluding hydrogens is 520 g/mol. The molecule has 1 heterocycles. The Balaban J connectivity index is 1.50. The summed E-state index contributed by atoms with van der Waals surface area (Å²) in [6, 6.07) is 17.6. The van der Waals surface area contributed by atoms with Gasteiger partial charge in [0.1, 0.15) is 18.1 Å². The van der Waals surface area contributed by atoms with E-state index >= 15 is 0 Å². The minimum Gasteiger partial charge on any atom is -0.454 e. The van der Waals surface area contributed by atoms with E-state index in [1.165, 1.54) is 12.1 Å². The summed E-state index contributed by atoms with van der Waals surface area (Å²) >= 11 is 6.10. The number of carbonyl (C=O) groups excluding carboxylic acids is 1. The van der Waals surface area contributed by atoms with Crippen molar-refractivity contribution in [3.8, 4) is 11.5 Å². The minimum absolute atomic E-state index is 0.0134. The molecule has 0 unspecified atom stereocenters. The topological polar surface area (TPSA) is 103 Å². The molecule has 38 heavy (non-hydrogen) atoms. The summed E-state index contributed by atoms with van der Waals surface area (Å²) in [5, 5.41) is 15.1. The fourth-order valence-electron chi connectivity index (χ4n) is 4.12. The van der Waals surface area contributed by atoms with Crippen molar-refractivity contribution in [3.05, 3.63) is 116 Å². The Morgan fingerprint density at radius 2 is 1.74 bits per heavy atom. The van der Waals surface area contributed by atoms with Gasteiger partial charge in [-0.1, -0.05) is 23.7 Å². The quantitative estimate of drug-likeness (QED) is 0.153. The summed E-state index contributed by atoms with van der Waals surface area (Å²) in [5.74, 6) is -2.87. The number of fused-ring (bicyclic) bond motifs is 2. The van der Waals surface area contributed by atoms with E-state index in [4.69, 9.17) is 16.3 Å². The fourth-order valence-corrected chi connectivity index (χ4v) is 4.29. The number of aromatic nitrogens is 1. The van der Waals surface area contributed by atoms with Crippen LogP contribution < -0.4 is 15.5 Å². The molecule has 11 heteroatoms. The van der Waals surface area contributed by atoms with E-state index in [0.29, 0.717) is 32.9 Å². The molecule has 1 N–H and O–H groups in total. The van der Waals surface area contributed by atoms with Gasteiger partial charge in [-0.2, -0.15) is 0 Å². The Hall–Kier alpha value is -4.83. The Bertz CT molecular complexity index is 1820. The lowest BCUT2D eigenvalue weighted by Gasteiger charge is -2.15. The van der Waals surface area contributed by atoms with Crippen LogP contribution in [0, 0.1) is 21.7 Å². The van der Waals surface area contributed by atoms with Gasteiger partial charge in [0.15, 0.2) is 17.0 Å². The SMILES string of the molecule is O=C(Cn1c2ccccc2c(=O)c2cc(Cl)ccc21)Nc1cc(Oc2ccc(F)cc2F)cc([N+](=O)[O-])c1. The number of nitro groups is 1. The monoisotopic (exact) mass is 535 g/mol. The second-order valence-electron chi connectivity index (χ2n) is 8.29. The largest absolute Gasteiger partial charge is 0.454 e. The van der Waals surface area contributed by atoms with E-state index in [1.807, 2.05) is 0 Å². The molecule has 0 saturated heterocycles. The average molecular weight is 536 g/mol. The second-order valence-corrected chi connectivity index (χ2v) is 8.73. The van der Waals surface area contributed by atoms with Crippen LogP contribution >= 0.6 is 11.6 Å². The van der Waals surface area contributed by atoms with E-state index in [-0.39, 0.29) is 29.2 Å². The summed E-state index contributed by atoms with van der Waals surface area (Å²) in [6.07, 6.45) is 0. The number of nitro benzene ring substituents is 1. The number of amides is 1. The summed E-state index contributed by atoms with van der Waals surface area (Å²) in [4.78, 5) is 36.9. The number of carbonyl (C=O) groups is 1. The predicted molar refractivity (Wildman–Crippen MR) is 139 cm³/mol. The second kappa shape index (κ2) is 9.91. The lowest BCUT2D eigenvalue weighted by molar-refractivity contribution is -0.384. The molecule has 190 valence electrons. The first-order chi connectivity index (χ1) is 18.2. The number of non-ortho nitro benzene ring substituents is 1. The smallest absolute Gasteiger partial charge is 0.275 e. The van der Waals surface area contributed by atoms with Crippen molar-refractivity contribution >= 4 is 50.7 Å². The maximum Gasteiger partial charge on any atom is 0.275 e. The van der Waals surface area contributed by atoms with Gasteiger partial charge in [0.05, 0.1) is 27.7 Å². The van der Waals surface area contributed by atoms with E-state index < -0.39 is 28.2 Å². The number of nitrogens with one attached hydrogen (secondary N) is 1. The highest BCUT2D eigenvalue weighted by Gasteiger charge is 2.17. The fraction of sp³-hybridized carbons (Fsp3) is 0.0370. The van der Waals surface area contributed by atoms with Crippen molar-refractivity contribution in [1.82, 2.24) is 4.57 Å². The first-order valence-corrected chi connectivity index (χ1v) is 11.5. The summed E-state index contributed by atoms with van der Waals surface area (Å²) in [5.41, 5.74) is 0.345. The zero-order valence-electron chi connectivity index (χ0n) is 19.3. The number of benzene rings is 4. The van der Waals surface area contributed by atoms with Crippen molar-refractivity contribution in [1.29, 1.82) is 0 Å². The van der Waals surface area contributed by atoms with Gasteiger partial charge in [0, 0.05) is 34.0 Å². The van der Waals surface area contributed by atoms with Crippen LogP contribution in [0.5, 0.6) is 11.5 Å². The molecule has 0 aliphatic rings. The molecule has 0 aliphatic carbocycles. The van der Waals surface area contributed by atoms with Crippen molar-refractivity contribution in [3.63, 3.8) is 0 Å². The lowest BCUT2D eigenvalue weighted by Crippen LogP contribution is -2.21. The Morgan fingerprint density at radius 1 is 0.974 bits per heavy atom.